The second-order valence-corrected chi connectivity index (χ2v) is 19.1. The second-order valence-electron chi connectivity index (χ2n) is 18.3. The summed E-state index contributed by atoms with van der Waals surface area (Å²) in [5.41, 5.74) is 5.41. The Morgan fingerprint density at radius 1 is 0.464 bits per heavy atom. The molecule has 0 aliphatic heterocycles. The summed E-state index contributed by atoms with van der Waals surface area (Å²) in [6.45, 7) is 24.4. The fourth-order valence-corrected chi connectivity index (χ4v) is 6.45. The molecule has 9 heteroatoms. The second kappa shape index (κ2) is 16.0. The Balaban J connectivity index is 1.85. The third-order valence-corrected chi connectivity index (χ3v) is 9.88. The molecule has 0 atom stereocenters. The fraction of sp³-hybridized carbons (Fsp3) is 0.340. The first-order chi connectivity index (χ1) is 25.9. The molecule has 0 unspecified atom stereocenters. The lowest BCUT2D eigenvalue weighted by molar-refractivity contribution is -0.114. The van der Waals surface area contributed by atoms with Gasteiger partial charge in [0.25, 0.3) is 0 Å². The first-order valence-corrected chi connectivity index (χ1v) is 19.5. The van der Waals surface area contributed by atoms with Crippen molar-refractivity contribution in [2.45, 2.75) is 83.1 Å². The van der Waals surface area contributed by atoms with E-state index in [1.807, 2.05) is 126 Å². The van der Waals surface area contributed by atoms with Crippen LogP contribution in [0.2, 0.25) is 10.0 Å². The monoisotopic (exact) mass is 787 g/mol. The Bertz CT molecular complexity index is 2070. The van der Waals surface area contributed by atoms with Gasteiger partial charge in [-0.3, -0.25) is 9.59 Å². The first kappa shape index (κ1) is 42.3. The van der Waals surface area contributed by atoms with Crippen molar-refractivity contribution in [3.63, 3.8) is 0 Å². The predicted molar refractivity (Wildman–Crippen MR) is 230 cm³/mol. The molecule has 2 aliphatic rings. The average molecular weight is 789 g/mol. The van der Waals surface area contributed by atoms with E-state index in [1.165, 1.54) is 0 Å². The molecule has 290 valence electrons. The van der Waals surface area contributed by atoms with Crippen LogP contribution in [0.25, 0.3) is 11.4 Å². The standard InChI is InChI=1S/C47H51Cl2N5O2/c1-44(2,3)34-24-28(25-35(42(34)55)45(4,5)6)40(53-51-32-20-16-30(48)17-21-32)38-14-13-15-39(50-38)41(54-52-33-22-18-31(49)19-23-33)29-26-36(46(7,8)9)43(56)37(27-29)47(10,11)12/h13-27H,1-12H3. The highest BCUT2D eigenvalue weighted by Crippen LogP contribution is 2.43. The van der Waals surface area contributed by atoms with Gasteiger partial charge in [0, 0.05) is 43.5 Å². The molecule has 0 fully saturated rings. The highest BCUT2D eigenvalue weighted by atomic mass is 35.5. The van der Waals surface area contributed by atoms with Gasteiger partial charge in [-0.05, 0) is 107 Å². The number of carbonyl (C=O) groups is 2. The van der Waals surface area contributed by atoms with Gasteiger partial charge in [-0.15, -0.1) is 10.2 Å². The minimum atomic E-state index is -0.451. The number of allylic oxidation sites excluding steroid dienone is 10. The van der Waals surface area contributed by atoms with Crippen molar-refractivity contribution in [1.29, 1.82) is 0 Å². The van der Waals surface area contributed by atoms with Gasteiger partial charge in [0.2, 0.25) is 0 Å². The minimum Gasteiger partial charge on any atom is -0.289 e. The summed E-state index contributed by atoms with van der Waals surface area (Å²) in [5, 5.41) is 20.1. The van der Waals surface area contributed by atoms with Crippen molar-refractivity contribution in [3.8, 4) is 0 Å². The normalized spacial score (nSPS) is 16.0. The maximum atomic E-state index is 14.0. The zero-order valence-electron chi connectivity index (χ0n) is 34.5. The van der Waals surface area contributed by atoms with Crippen LogP contribution in [-0.2, 0) is 9.59 Å². The van der Waals surface area contributed by atoms with E-state index in [0.717, 1.165) is 0 Å². The molecule has 56 heavy (non-hydrogen) atoms. The lowest BCUT2D eigenvalue weighted by Crippen LogP contribution is -2.28. The molecular weight excluding hydrogens is 737 g/mol. The third-order valence-electron chi connectivity index (χ3n) is 9.38. The largest absolute Gasteiger partial charge is 0.289 e. The van der Waals surface area contributed by atoms with E-state index < -0.39 is 21.7 Å². The molecule has 2 aromatic carbocycles. The van der Waals surface area contributed by atoms with Gasteiger partial charge < -0.3 is 0 Å². The highest BCUT2D eigenvalue weighted by Gasteiger charge is 2.36. The number of Topliss-reactive ketones (excluding diaryl/α,β-unsaturated/α-hetero) is 2. The van der Waals surface area contributed by atoms with Gasteiger partial charge in [-0.1, -0.05) is 112 Å². The molecule has 3 aromatic rings. The van der Waals surface area contributed by atoms with Crippen LogP contribution in [0.1, 0.15) is 94.5 Å². The van der Waals surface area contributed by atoms with Crippen molar-refractivity contribution < 1.29 is 9.59 Å². The lowest BCUT2D eigenvalue weighted by atomic mass is 9.71. The average Bonchev–Trinajstić information content (AvgIpc) is 3.09. The molecule has 0 spiro atoms. The number of carbonyl (C=O) groups excluding carboxylic acids is 2. The van der Waals surface area contributed by atoms with Crippen LogP contribution < -0.4 is 0 Å². The first-order valence-electron chi connectivity index (χ1n) is 18.7. The summed E-state index contributed by atoms with van der Waals surface area (Å²) >= 11 is 12.4. The smallest absolute Gasteiger partial charge is 0.186 e. The Morgan fingerprint density at radius 3 is 1.02 bits per heavy atom. The molecule has 1 aromatic heterocycles. The Morgan fingerprint density at radius 2 is 0.750 bits per heavy atom. The summed E-state index contributed by atoms with van der Waals surface area (Å²) in [6, 6.07) is 19.8. The van der Waals surface area contributed by atoms with Gasteiger partial charge in [-0.2, -0.15) is 10.2 Å². The van der Waals surface area contributed by atoms with E-state index in [4.69, 9.17) is 38.4 Å². The number of pyridine rings is 1. The minimum absolute atomic E-state index is 0.00815. The van der Waals surface area contributed by atoms with Gasteiger partial charge >= 0.3 is 0 Å². The maximum Gasteiger partial charge on any atom is 0.186 e. The number of hydrogen-bond acceptors (Lipinski definition) is 7. The molecular formula is C47H51Cl2N5O2. The van der Waals surface area contributed by atoms with Crippen molar-refractivity contribution >= 4 is 57.5 Å². The van der Waals surface area contributed by atoms with E-state index in [0.29, 0.717) is 77.6 Å². The molecule has 0 N–H and O–H groups in total. The summed E-state index contributed by atoms with van der Waals surface area (Å²) < 4.78 is 0. The highest BCUT2D eigenvalue weighted by molar-refractivity contribution is 6.30. The molecule has 5 rings (SSSR count). The molecule has 0 amide bonds. The van der Waals surface area contributed by atoms with E-state index in [1.54, 1.807) is 48.5 Å². The number of aromatic nitrogens is 1. The molecule has 0 saturated heterocycles. The van der Waals surface area contributed by atoms with Crippen molar-refractivity contribution in [2.75, 3.05) is 0 Å². The maximum absolute atomic E-state index is 14.0. The van der Waals surface area contributed by atoms with Crippen molar-refractivity contribution in [3.05, 3.63) is 146 Å². The summed E-state index contributed by atoms with van der Waals surface area (Å²) in [7, 11) is 0. The number of hydrogen-bond donors (Lipinski definition) is 0. The van der Waals surface area contributed by atoms with Gasteiger partial charge in [-0.25, -0.2) is 4.98 Å². The van der Waals surface area contributed by atoms with E-state index in [-0.39, 0.29) is 11.6 Å². The number of ketones is 2. The third kappa shape index (κ3) is 9.93. The van der Waals surface area contributed by atoms with Crippen LogP contribution in [0.4, 0.5) is 11.4 Å². The number of azo groups is 2. The summed E-state index contributed by atoms with van der Waals surface area (Å²) in [4.78, 5) is 33.1. The van der Waals surface area contributed by atoms with Crippen molar-refractivity contribution in [1.82, 2.24) is 4.98 Å². The van der Waals surface area contributed by atoms with Crippen LogP contribution >= 0.6 is 23.2 Å². The molecule has 1 heterocycles. The van der Waals surface area contributed by atoms with Crippen LogP contribution in [-0.4, -0.2) is 16.6 Å². The van der Waals surface area contributed by atoms with Gasteiger partial charge in [0.05, 0.1) is 22.8 Å². The molecule has 7 nitrogen and oxygen atoms in total. The quantitative estimate of drug-likeness (QED) is 0.233. The molecule has 0 radical (unpaired) electrons. The zero-order valence-corrected chi connectivity index (χ0v) is 36.0. The number of rotatable bonds is 6. The van der Waals surface area contributed by atoms with Crippen LogP contribution in [0.15, 0.2) is 145 Å². The van der Waals surface area contributed by atoms with E-state index >= 15 is 0 Å². The summed E-state index contributed by atoms with van der Waals surface area (Å²) in [6.07, 6.45) is 7.63. The Hall–Kier alpha value is -4.85. The molecule has 2 aliphatic carbocycles. The summed E-state index contributed by atoms with van der Waals surface area (Å²) in [5.74, 6) is 0.0163. The predicted octanol–water partition coefficient (Wildman–Crippen LogP) is 14.4. The Kier molecular flexibility index (Phi) is 12.0. The fourth-order valence-electron chi connectivity index (χ4n) is 6.20. The van der Waals surface area contributed by atoms with Crippen molar-refractivity contribution in [2.24, 2.45) is 42.1 Å². The number of nitrogens with zero attached hydrogens (tertiary/aromatic N) is 5. The number of halogens is 2. The van der Waals surface area contributed by atoms with Gasteiger partial charge in [0.15, 0.2) is 11.6 Å². The van der Waals surface area contributed by atoms with Gasteiger partial charge in [0.1, 0.15) is 11.4 Å². The van der Waals surface area contributed by atoms with E-state index in [9.17, 15) is 9.59 Å². The van der Waals surface area contributed by atoms with Crippen LogP contribution in [0, 0.1) is 21.7 Å². The van der Waals surface area contributed by atoms with Crippen LogP contribution in [0.5, 0.6) is 0 Å². The SMILES string of the molecule is CC(C)(C)C1=CC(=C(N=Nc2ccc(Cl)cc2)c2cccc(C(N=Nc3ccc(Cl)cc3)=C3C=C(C(C)(C)C)C(=O)C(C(C)(C)C)=C3)n2)C=C(C(C)(C)C)C1=O. The lowest BCUT2D eigenvalue weighted by Gasteiger charge is -2.31. The number of benzene rings is 2. The topological polar surface area (TPSA) is 96.5 Å². The zero-order chi connectivity index (χ0) is 41.4. The van der Waals surface area contributed by atoms with Crippen LogP contribution in [0.3, 0.4) is 0 Å². The molecule has 0 saturated carbocycles. The van der Waals surface area contributed by atoms with E-state index in [2.05, 4.69) is 10.2 Å². The Labute approximate surface area is 341 Å². The molecule has 0 bridgehead atoms.